The van der Waals surface area contributed by atoms with Crippen LogP contribution in [0.15, 0.2) is 42.5 Å². The molecule has 0 radical (unpaired) electrons. The SMILES string of the molecule is O=C(C[C@H]1C=CCC1)NNC(=O)c1ccccc1. The van der Waals surface area contributed by atoms with Gasteiger partial charge in [-0.25, -0.2) is 0 Å². The molecular weight excluding hydrogens is 228 g/mol. The molecule has 1 atom stereocenters. The number of hydrogen-bond donors (Lipinski definition) is 2. The highest BCUT2D eigenvalue weighted by molar-refractivity contribution is 5.95. The second-order valence-corrected chi connectivity index (χ2v) is 4.34. The van der Waals surface area contributed by atoms with E-state index in [1.165, 1.54) is 0 Å². The molecule has 1 aliphatic carbocycles. The minimum absolute atomic E-state index is 0.157. The lowest BCUT2D eigenvalue weighted by Gasteiger charge is -2.09. The molecule has 1 aromatic rings. The van der Waals surface area contributed by atoms with Gasteiger partial charge in [-0.2, -0.15) is 0 Å². The van der Waals surface area contributed by atoms with E-state index in [0.717, 1.165) is 12.8 Å². The van der Waals surface area contributed by atoms with E-state index in [1.807, 2.05) is 6.07 Å². The molecular formula is C14H16N2O2. The van der Waals surface area contributed by atoms with E-state index in [4.69, 9.17) is 0 Å². The van der Waals surface area contributed by atoms with Gasteiger partial charge in [-0.3, -0.25) is 20.4 Å². The second kappa shape index (κ2) is 6.00. The Labute approximate surface area is 106 Å². The van der Waals surface area contributed by atoms with Gasteiger partial charge in [0.1, 0.15) is 0 Å². The first-order valence-corrected chi connectivity index (χ1v) is 6.06. The van der Waals surface area contributed by atoms with Gasteiger partial charge >= 0.3 is 0 Å². The van der Waals surface area contributed by atoms with E-state index < -0.39 is 0 Å². The lowest BCUT2D eigenvalue weighted by atomic mass is 10.1. The van der Waals surface area contributed by atoms with Crippen LogP contribution < -0.4 is 10.9 Å². The molecule has 2 N–H and O–H groups in total. The number of hydrazine groups is 1. The summed E-state index contributed by atoms with van der Waals surface area (Å²) in [4.78, 5) is 23.2. The van der Waals surface area contributed by atoms with Crippen LogP contribution >= 0.6 is 0 Å². The average molecular weight is 244 g/mol. The molecule has 1 aliphatic rings. The first-order chi connectivity index (χ1) is 8.75. The van der Waals surface area contributed by atoms with Crippen molar-refractivity contribution in [2.24, 2.45) is 5.92 Å². The van der Waals surface area contributed by atoms with Crippen molar-refractivity contribution in [1.29, 1.82) is 0 Å². The van der Waals surface area contributed by atoms with Gasteiger partial charge < -0.3 is 0 Å². The number of hydrogen-bond acceptors (Lipinski definition) is 2. The van der Waals surface area contributed by atoms with Crippen LogP contribution in [-0.4, -0.2) is 11.8 Å². The van der Waals surface area contributed by atoms with Crippen molar-refractivity contribution >= 4 is 11.8 Å². The summed E-state index contributed by atoms with van der Waals surface area (Å²) in [6.07, 6.45) is 6.61. The minimum Gasteiger partial charge on any atom is -0.273 e. The predicted molar refractivity (Wildman–Crippen MR) is 68.5 cm³/mol. The van der Waals surface area contributed by atoms with Gasteiger partial charge in [-0.05, 0) is 30.9 Å². The van der Waals surface area contributed by atoms with Crippen LogP contribution in [0.3, 0.4) is 0 Å². The first kappa shape index (κ1) is 12.4. The third kappa shape index (κ3) is 3.45. The molecule has 0 aliphatic heterocycles. The second-order valence-electron chi connectivity index (χ2n) is 4.34. The highest BCUT2D eigenvalue weighted by Gasteiger charge is 2.14. The third-order valence-electron chi connectivity index (χ3n) is 2.91. The van der Waals surface area contributed by atoms with Crippen LogP contribution in [0.1, 0.15) is 29.6 Å². The average Bonchev–Trinajstić information content (AvgIpc) is 2.90. The smallest absolute Gasteiger partial charge is 0.269 e. The maximum atomic E-state index is 11.6. The Kier molecular flexibility index (Phi) is 4.12. The van der Waals surface area contributed by atoms with Gasteiger partial charge in [0.15, 0.2) is 0 Å². The monoisotopic (exact) mass is 244 g/mol. The number of carbonyl (C=O) groups excluding carboxylic acids is 2. The molecule has 0 fully saturated rings. The summed E-state index contributed by atoms with van der Waals surface area (Å²) in [5.74, 6) is -0.152. The molecule has 0 spiro atoms. The van der Waals surface area contributed by atoms with Crippen LogP contribution in [0.2, 0.25) is 0 Å². The van der Waals surface area contributed by atoms with E-state index >= 15 is 0 Å². The summed E-state index contributed by atoms with van der Waals surface area (Å²) >= 11 is 0. The molecule has 0 aromatic heterocycles. The first-order valence-electron chi connectivity index (χ1n) is 6.06. The Hall–Kier alpha value is -2.10. The van der Waals surface area contributed by atoms with E-state index in [9.17, 15) is 9.59 Å². The van der Waals surface area contributed by atoms with Crippen molar-refractivity contribution in [3.05, 3.63) is 48.0 Å². The van der Waals surface area contributed by atoms with Crippen molar-refractivity contribution < 1.29 is 9.59 Å². The summed E-state index contributed by atoms with van der Waals surface area (Å²) < 4.78 is 0. The standard InChI is InChI=1S/C14H16N2O2/c17-13(10-11-6-4-5-7-11)15-16-14(18)12-8-2-1-3-9-12/h1-4,6,8-9,11H,5,7,10H2,(H,15,17)(H,16,18)/t11-/m0/s1. The van der Waals surface area contributed by atoms with Crippen molar-refractivity contribution in [3.63, 3.8) is 0 Å². The summed E-state index contributed by atoms with van der Waals surface area (Å²) in [6.45, 7) is 0. The maximum absolute atomic E-state index is 11.6. The quantitative estimate of drug-likeness (QED) is 0.629. The largest absolute Gasteiger partial charge is 0.273 e. The molecule has 4 heteroatoms. The Morgan fingerprint density at radius 1 is 1.17 bits per heavy atom. The Balaban J connectivity index is 1.75. The molecule has 2 rings (SSSR count). The molecule has 2 amide bonds. The van der Waals surface area contributed by atoms with E-state index in [1.54, 1.807) is 24.3 Å². The number of rotatable bonds is 3. The number of carbonyl (C=O) groups is 2. The molecule has 94 valence electrons. The fourth-order valence-electron chi connectivity index (χ4n) is 1.94. The van der Waals surface area contributed by atoms with Crippen LogP contribution in [0, 0.1) is 5.92 Å². The van der Waals surface area contributed by atoms with Crippen molar-refractivity contribution in [2.45, 2.75) is 19.3 Å². The zero-order valence-electron chi connectivity index (χ0n) is 10.1. The lowest BCUT2D eigenvalue weighted by molar-refractivity contribution is -0.122. The number of benzene rings is 1. The molecule has 18 heavy (non-hydrogen) atoms. The Morgan fingerprint density at radius 3 is 2.61 bits per heavy atom. The molecule has 0 unspecified atom stereocenters. The fraction of sp³-hybridized carbons (Fsp3) is 0.286. The number of amides is 2. The van der Waals surface area contributed by atoms with Crippen LogP contribution in [-0.2, 0) is 4.79 Å². The summed E-state index contributed by atoms with van der Waals surface area (Å²) in [7, 11) is 0. The zero-order chi connectivity index (χ0) is 12.8. The van der Waals surface area contributed by atoms with Gasteiger partial charge in [0.2, 0.25) is 5.91 Å². The Bertz CT molecular complexity index is 454. The highest BCUT2D eigenvalue weighted by atomic mass is 16.2. The van der Waals surface area contributed by atoms with Gasteiger partial charge in [0, 0.05) is 12.0 Å². The van der Waals surface area contributed by atoms with E-state index in [0.29, 0.717) is 17.9 Å². The van der Waals surface area contributed by atoms with Gasteiger partial charge in [-0.15, -0.1) is 0 Å². The number of nitrogens with one attached hydrogen (secondary N) is 2. The van der Waals surface area contributed by atoms with Crippen molar-refractivity contribution in [3.8, 4) is 0 Å². The van der Waals surface area contributed by atoms with Gasteiger partial charge in [0.05, 0.1) is 0 Å². The van der Waals surface area contributed by atoms with Crippen molar-refractivity contribution in [1.82, 2.24) is 10.9 Å². The van der Waals surface area contributed by atoms with Crippen LogP contribution in [0.5, 0.6) is 0 Å². The summed E-state index contributed by atoms with van der Waals surface area (Å²) in [5.41, 5.74) is 5.37. The van der Waals surface area contributed by atoms with Gasteiger partial charge in [-0.1, -0.05) is 30.4 Å². The van der Waals surface area contributed by atoms with Crippen molar-refractivity contribution in [2.75, 3.05) is 0 Å². The molecule has 1 aromatic carbocycles. The molecule has 0 saturated heterocycles. The number of allylic oxidation sites excluding steroid dienone is 2. The predicted octanol–water partition coefficient (Wildman–Crippen LogP) is 1.80. The molecule has 0 saturated carbocycles. The lowest BCUT2D eigenvalue weighted by Crippen LogP contribution is -2.42. The summed E-state index contributed by atoms with van der Waals surface area (Å²) in [6, 6.07) is 8.78. The normalized spacial score (nSPS) is 17.4. The third-order valence-corrected chi connectivity index (χ3v) is 2.91. The van der Waals surface area contributed by atoms with Crippen LogP contribution in [0.4, 0.5) is 0 Å². The highest BCUT2D eigenvalue weighted by Crippen LogP contribution is 2.19. The molecule has 0 heterocycles. The topological polar surface area (TPSA) is 58.2 Å². The zero-order valence-corrected chi connectivity index (χ0v) is 10.1. The van der Waals surface area contributed by atoms with E-state index in [2.05, 4.69) is 23.0 Å². The van der Waals surface area contributed by atoms with Crippen LogP contribution in [0.25, 0.3) is 0 Å². The summed E-state index contributed by atoms with van der Waals surface area (Å²) in [5, 5.41) is 0. The minimum atomic E-state index is -0.300. The molecule has 4 nitrogen and oxygen atoms in total. The maximum Gasteiger partial charge on any atom is 0.269 e. The Morgan fingerprint density at radius 2 is 1.94 bits per heavy atom. The van der Waals surface area contributed by atoms with E-state index in [-0.39, 0.29) is 11.8 Å². The fourth-order valence-corrected chi connectivity index (χ4v) is 1.94. The molecule has 0 bridgehead atoms. The van der Waals surface area contributed by atoms with Gasteiger partial charge in [0.25, 0.3) is 5.91 Å².